The zero-order valence-electron chi connectivity index (χ0n) is 14.2. The molecule has 1 aliphatic carbocycles. The molecule has 0 amide bonds. The second-order valence-corrected chi connectivity index (χ2v) is 7.44. The summed E-state index contributed by atoms with van der Waals surface area (Å²) in [6.45, 7) is 9.77. The van der Waals surface area contributed by atoms with Crippen LogP contribution < -0.4 is 5.32 Å². The Morgan fingerprint density at radius 3 is 2.48 bits per heavy atom. The fourth-order valence-corrected chi connectivity index (χ4v) is 4.27. The fourth-order valence-electron chi connectivity index (χ4n) is 4.27. The lowest BCUT2D eigenvalue weighted by Gasteiger charge is -2.31. The predicted octanol–water partition coefficient (Wildman–Crippen LogP) is 2.43. The maximum atomic E-state index is 12.1. The Hall–Kier alpha value is -0.610. The van der Waals surface area contributed by atoms with Crippen molar-refractivity contribution in [3.8, 4) is 0 Å². The maximum Gasteiger partial charge on any atom is 0.325 e. The molecule has 0 spiro atoms. The summed E-state index contributed by atoms with van der Waals surface area (Å²) in [6, 6.07) is 0.278. The van der Waals surface area contributed by atoms with Gasteiger partial charge in [0.1, 0.15) is 5.54 Å². The summed E-state index contributed by atoms with van der Waals surface area (Å²) >= 11 is 0. The molecule has 3 atom stereocenters. The number of likely N-dealkylation sites (tertiary alicyclic amines) is 1. The van der Waals surface area contributed by atoms with Gasteiger partial charge in [-0.25, -0.2) is 0 Å². The van der Waals surface area contributed by atoms with E-state index in [1.165, 1.54) is 39.5 Å². The summed E-state index contributed by atoms with van der Waals surface area (Å²) < 4.78 is 4.98. The van der Waals surface area contributed by atoms with Crippen LogP contribution in [0.25, 0.3) is 0 Å². The number of ether oxygens (including phenoxy) is 1. The summed E-state index contributed by atoms with van der Waals surface area (Å²) in [5.41, 5.74) is -0.557. The topological polar surface area (TPSA) is 41.6 Å². The smallest absolute Gasteiger partial charge is 0.325 e. The third kappa shape index (κ3) is 4.19. The number of carbonyl (C=O) groups excluding carboxylic acids is 1. The Morgan fingerprint density at radius 1 is 1.33 bits per heavy atom. The number of hydrogen-bond acceptors (Lipinski definition) is 4. The molecule has 4 heteroatoms. The van der Waals surface area contributed by atoms with Gasteiger partial charge in [-0.05, 0) is 64.8 Å². The number of rotatable bonds is 7. The summed E-state index contributed by atoms with van der Waals surface area (Å²) in [6.07, 6.45) is 6.17. The van der Waals surface area contributed by atoms with Gasteiger partial charge in [0.15, 0.2) is 0 Å². The lowest BCUT2D eigenvalue weighted by molar-refractivity contribution is -0.148. The summed E-state index contributed by atoms with van der Waals surface area (Å²) in [5.74, 6) is 1.76. The predicted molar refractivity (Wildman–Crippen MR) is 85.2 cm³/mol. The van der Waals surface area contributed by atoms with E-state index in [1.807, 2.05) is 6.92 Å². The van der Waals surface area contributed by atoms with Crippen molar-refractivity contribution < 1.29 is 9.53 Å². The number of methoxy groups -OCH3 is 1. The second-order valence-electron chi connectivity index (χ2n) is 7.44. The number of nitrogens with one attached hydrogen (secondary N) is 1. The highest BCUT2D eigenvalue weighted by Crippen LogP contribution is 2.37. The highest BCUT2D eigenvalue weighted by atomic mass is 16.5. The van der Waals surface area contributed by atoms with Crippen LogP contribution in [0.5, 0.6) is 0 Å². The number of hydrogen-bond donors (Lipinski definition) is 1. The van der Waals surface area contributed by atoms with E-state index in [1.54, 1.807) is 0 Å². The zero-order chi connectivity index (χ0) is 15.5. The summed E-state index contributed by atoms with van der Waals surface area (Å²) in [7, 11) is 1.48. The Labute approximate surface area is 129 Å². The minimum atomic E-state index is -0.557. The average molecular weight is 296 g/mol. The van der Waals surface area contributed by atoms with Gasteiger partial charge in [-0.1, -0.05) is 6.42 Å². The average Bonchev–Trinajstić information content (AvgIpc) is 2.97. The molecule has 1 saturated heterocycles. The van der Waals surface area contributed by atoms with Gasteiger partial charge in [-0.2, -0.15) is 0 Å². The van der Waals surface area contributed by atoms with E-state index in [0.717, 1.165) is 31.2 Å². The van der Waals surface area contributed by atoms with Crippen LogP contribution in [0, 0.1) is 11.8 Å². The lowest BCUT2D eigenvalue weighted by Crippen LogP contribution is -2.53. The van der Waals surface area contributed by atoms with Crippen LogP contribution in [-0.2, 0) is 9.53 Å². The third-order valence-corrected chi connectivity index (χ3v) is 5.20. The molecule has 0 radical (unpaired) electrons. The van der Waals surface area contributed by atoms with E-state index in [9.17, 15) is 4.79 Å². The molecule has 1 heterocycles. The first-order chi connectivity index (χ1) is 9.94. The van der Waals surface area contributed by atoms with Gasteiger partial charge in [0.2, 0.25) is 0 Å². The molecule has 0 aromatic rings. The highest BCUT2D eigenvalue weighted by Gasteiger charge is 2.37. The molecule has 2 rings (SSSR count). The van der Waals surface area contributed by atoms with E-state index in [-0.39, 0.29) is 12.0 Å². The fraction of sp³-hybridized carbons (Fsp3) is 0.941. The molecule has 122 valence electrons. The third-order valence-electron chi connectivity index (χ3n) is 5.20. The highest BCUT2D eigenvalue weighted by molar-refractivity contribution is 5.80. The van der Waals surface area contributed by atoms with Crippen LogP contribution >= 0.6 is 0 Å². The van der Waals surface area contributed by atoms with Crippen molar-refractivity contribution >= 4 is 5.97 Å². The monoisotopic (exact) mass is 296 g/mol. The molecule has 3 unspecified atom stereocenters. The van der Waals surface area contributed by atoms with Crippen molar-refractivity contribution in [2.24, 2.45) is 11.8 Å². The molecule has 2 aliphatic rings. The molecule has 4 nitrogen and oxygen atoms in total. The first kappa shape index (κ1) is 16.8. The standard InChI is InChI=1S/C17H32N2O2/c1-13(2)18-17(3,16(20)21-4)9-6-10-19-11-14-7-5-8-15(14)12-19/h13-15,18H,5-12H2,1-4H3. The van der Waals surface area contributed by atoms with E-state index < -0.39 is 5.54 Å². The van der Waals surface area contributed by atoms with E-state index in [2.05, 4.69) is 24.1 Å². The molecule has 2 fully saturated rings. The maximum absolute atomic E-state index is 12.1. The lowest BCUT2D eigenvalue weighted by atomic mass is 9.94. The minimum Gasteiger partial charge on any atom is -0.468 e. The van der Waals surface area contributed by atoms with Gasteiger partial charge >= 0.3 is 5.97 Å². The Morgan fingerprint density at radius 2 is 1.95 bits per heavy atom. The van der Waals surface area contributed by atoms with Crippen molar-refractivity contribution in [1.82, 2.24) is 10.2 Å². The van der Waals surface area contributed by atoms with Gasteiger partial charge in [0, 0.05) is 19.1 Å². The first-order valence-corrected chi connectivity index (χ1v) is 8.53. The van der Waals surface area contributed by atoms with Crippen LogP contribution in [0.4, 0.5) is 0 Å². The van der Waals surface area contributed by atoms with E-state index in [4.69, 9.17) is 4.74 Å². The quantitative estimate of drug-likeness (QED) is 0.733. The molecule has 1 N–H and O–H groups in total. The molecule has 0 aromatic carbocycles. The molecule has 0 bridgehead atoms. The molecule has 21 heavy (non-hydrogen) atoms. The molecule has 0 aromatic heterocycles. The Bertz CT molecular complexity index is 347. The molecule has 1 aliphatic heterocycles. The zero-order valence-corrected chi connectivity index (χ0v) is 14.2. The van der Waals surface area contributed by atoms with Crippen LogP contribution in [0.15, 0.2) is 0 Å². The van der Waals surface area contributed by atoms with Gasteiger partial charge in [-0.3, -0.25) is 10.1 Å². The van der Waals surface area contributed by atoms with Gasteiger partial charge in [-0.15, -0.1) is 0 Å². The molecular formula is C17H32N2O2. The second kappa shape index (κ2) is 7.10. The Kier molecular flexibility index (Phi) is 5.67. The number of carbonyl (C=O) groups is 1. The number of fused-ring (bicyclic) bond motifs is 1. The van der Waals surface area contributed by atoms with Crippen LogP contribution in [-0.4, -0.2) is 49.2 Å². The van der Waals surface area contributed by atoms with Crippen LogP contribution in [0.2, 0.25) is 0 Å². The van der Waals surface area contributed by atoms with E-state index >= 15 is 0 Å². The Balaban J connectivity index is 1.78. The largest absolute Gasteiger partial charge is 0.468 e. The van der Waals surface area contributed by atoms with Gasteiger partial charge in [0.25, 0.3) is 0 Å². The van der Waals surface area contributed by atoms with Crippen molar-refractivity contribution in [1.29, 1.82) is 0 Å². The van der Waals surface area contributed by atoms with Gasteiger partial charge < -0.3 is 9.64 Å². The van der Waals surface area contributed by atoms with Crippen molar-refractivity contribution in [2.45, 2.75) is 64.5 Å². The SMILES string of the molecule is COC(=O)C(C)(CCCN1CC2CCCC2C1)NC(C)C. The number of nitrogens with zero attached hydrogens (tertiary/aromatic N) is 1. The normalized spacial score (nSPS) is 28.6. The molecule has 1 saturated carbocycles. The summed E-state index contributed by atoms with van der Waals surface area (Å²) in [5, 5.41) is 3.38. The molecular weight excluding hydrogens is 264 g/mol. The van der Waals surface area contributed by atoms with Crippen LogP contribution in [0.3, 0.4) is 0 Å². The van der Waals surface area contributed by atoms with Gasteiger partial charge in [0.05, 0.1) is 7.11 Å². The first-order valence-electron chi connectivity index (χ1n) is 8.53. The van der Waals surface area contributed by atoms with Crippen LogP contribution in [0.1, 0.15) is 52.9 Å². The number of esters is 1. The van der Waals surface area contributed by atoms with E-state index in [0.29, 0.717) is 0 Å². The van der Waals surface area contributed by atoms with Crippen molar-refractivity contribution in [3.63, 3.8) is 0 Å². The van der Waals surface area contributed by atoms with Crippen molar-refractivity contribution in [2.75, 3.05) is 26.7 Å². The minimum absolute atomic E-state index is 0.144. The van der Waals surface area contributed by atoms with Crippen molar-refractivity contribution in [3.05, 3.63) is 0 Å². The summed E-state index contributed by atoms with van der Waals surface area (Å²) in [4.78, 5) is 14.7.